The first kappa shape index (κ1) is 9.32. The van der Waals surface area contributed by atoms with Crippen LogP contribution in [0.15, 0.2) is 6.20 Å². The number of nitrogens with two attached hydrogens (primary N) is 1. The second-order valence-electron chi connectivity index (χ2n) is 2.20. The third-order valence-corrected chi connectivity index (χ3v) is 1.42. The largest absolute Gasteiger partial charge is 0.381 e. The Hall–Kier alpha value is -1.77. The lowest BCUT2D eigenvalue weighted by molar-refractivity contribution is 0.146. The Morgan fingerprint density at radius 3 is 2.62 bits per heavy atom. The van der Waals surface area contributed by atoms with Gasteiger partial charge in [0, 0.05) is 6.20 Å². The standard InChI is InChI=1S/C7H4F3N3/c8-5-4(6(9)10)3(1-11)2-13-7(5)12/h2,6H,(H2,12,13). The summed E-state index contributed by atoms with van der Waals surface area (Å²) in [5, 5.41) is 8.35. The normalized spacial score (nSPS) is 10.1. The summed E-state index contributed by atoms with van der Waals surface area (Å²) in [7, 11) is 0. The summed E-state index contributed by atoms with van der Waals surface area (Å²) in [6.45, 7) is 0. The van der Waals surface area contributed by atoms with Crippen LogP contribution in [0.2, 0.25) is 0 Å². The zero-order valence-corrected chi connectivity index (χ0v) is 6.26. The second-order valence-corrected chi connectivity index (χ2v) is 2.20. The van der Waals surface area contributed by atoms with Crippen molar-refractivity contribution in [1.29, 1.82) is 5.26 Å². The molecule has 1 aromatic rings. The first-order valence-corrected chi connectivity index (χ1v) is 3.20. The molecule has 0 saturated heterocycles. The molecular weight excluding hydrogens is 183 g/mol. The summed E-state index contributed by atoms with van der Waals surface area (Å²) in [5.41, 5.74) is 3.46. The van der Waals surface area contributed by atoms with Gasteiger partial charge in [0.1, 0.15) is 6.07 Å². The summed E-state index contributed by atoms with van der Waals surface area (Å²) in [6.07, 6.45) is -2.25. The molecule has 6 heteroatoms. The van der Waals surface area contributed by atoms with Crippen LogP contribution in [-0.2, 0) is 0 Å². The van der Waals surface area contributed by atoms with Gasteiger partial charge in [0.05, 0.1) is 11.1 Å². The number of hydrogen-bond acceptors (Lipinski definition) is 3. The van der Waals surface area contributed by atoms with Crippen molar-refractivity contribution >= 4 is 5.82 Å². The summed E-state index contributed by atoms with van der Waals surface area (Å²) >= 11 is 0. The number of nitrogen functional groups attached to an aromatic ring is 1. The first-order valence-electron chi connectivity index (χ1n) is 3.20. The van der Waals surface area contributed by atoms with Crippen LogP contribution in [-0.4, -0.2) is 4.98 Å². The fourth-order valence-electron chi connectivity index (χ4n) is 0.819. The van der Waals surface area contributed by atoms with E-state index in [1.54, 1.807) is 0 Å². The molecule has 2 N–H and O–H groups in total. The Morgan fingerprint density at radius 1 is 1.54 bits per heavy atom. The maximum atomic E-state index is 12.9. The molecule has 13 heavy (non-hydrogen) atoms. The van der Waals surface area contributed by atoms with E-state index in [1.807, 2.05) is 0 Å². The number of nitriles is 1. The monoisotopic (exact) mass is 187 g/mol. The predicted octanol–water partition coefficient (Wildman–Crippen LogP) is 1.61. The summed E-state index contributed by atoms with van der Waals surface area (Å²) in [6, 6.07) is 1.41. The minimum absolute atomic E-state index is 0.498. The van der Waals surface area contributed by atoms with E-state index in [2.05, 4.69) is 4.98 Å². The molecule has 0 amide bonds. The van der Waals surface area contributed by atoms with Gasteiger partial charge in [0.15, 0.2) is 11.6 Å². The summed E-state index contributed by atoms with van der Waals surface area (Å²) in [4.78, 5) is 3.24. The molecule has 0 atom stereocenters. The zero-order chi connectivity index (χ0) is 10.0. The Labute approximate surface area is 71.6 Å². The number of pyridine rings is 1. The number of aromatic nitrogens is 1. The number of rotatable bonds is 1. The number of hydrogen-bond donors (Lipinski definition) is 1. The van der Waals surface area contributed by atoms with Gasteiger partial charge < -0.3 is 5.73 Å². The van der Waals surface area contributed by atoms with Gasteiger partial charge in [-0.15, -0.1) is 0 Å². The fraction of sp³-hybridized carbons (Fsp3) is 0.143. The molecule has 0 fully saturated rings. The summed E-state index contributed by atoms with van der Waals surface area (Å²) in [5.74, 6) is -1.96. The van der Waals surface area contributed by atoms with E-state index in [0.29, 0.717) is 0 Å². The highest BCUT2D eigenvalue weighted by Crippen LogP contribution is 2.27. The lowest BCUT2D eigenvalue weighted by Crippen LogP contribution is -2.03. The Kier molecular flexibility index (Phi) is 2.37. The van der Waals surface area contributed by atoms with Crippen LogP contribution in [0, 0.1) is 17.1 Å². The Morgan fingerprint density at radius 2 is 2.15 bits per heavy atom. The number of nitrogens with zero attached hydrogens (tertiary/aromatic N) is 2. The van der Waals surface area contributed by atoms with Crippen molar-refractivity contribution in [2.75, 3.05) is 5.73 Å². The minimum Gasteiger partial charge on any atom is -0.381 e. The van der Waals surface area contributed by atoms with Gasteiger partial charge in [-0.2, -0.15) is 5.26 Å². The van der Waals surface area contributed by atoms with Crippen molar-refractivity contribution in [3.05, 3.63) is 23.1 Å². The fourth-order valence-corrected chi connectivity index (χ4v) is 0.819. The van der Waals surface area contributed by atoms with Crippen LogP contribution < -0.4 is 5.73 Å². The molecule has 0 saturated carbocycles. The average Bonchev–Trinajstić information content (AvgIpc) is 2.08. The first-order chi connectivity index (χ1) is 6.07. The van der Waals surface area contributed by atoms with Gasteiger partial charge in [-0.3, -0.25) is 0 Å². The molecule has 0 aliphatic rings. The Bertz CT molecular complexity index is 370. The van der Waals surface area contributed by atoms with E-state index in [0.717, 1.165) is 6.20 Å². The molecule has 3 nitrogen and oxygen atoms in total. The number of anilines is 1. The van der Waals surface area contributed by atoms with Crippen molar-refractivity contribution < 1.29 is 13.2 Å². The molecular formula is C7H4F3N3. The van der Waals surface area contributed by atoms with Crippen LogP contribution in [0.3, 0.4) is 0 Å². The van der Waals surface area contributed by atoms with Crippen LogP contribution in [0.25, 0.3) is 0 Å². The van der Waals surface area contributed by atoms with Crippen molar-refractivity contribution in [2.24, 2.45) is 0 Å². The molecule has 1 heterocycles. The smallest absolute Gasteiger partial charge is 0.268 e. The van der Waals surface area contributed by atoms with Crippen molar-refractivity contribution in [3.8, 4) is 6.07 Å². The highest BCUT2D eigenvalue weighted by molar-refractivity contribution is 5.45. The Balaban J connectivity index is 3.43. The third-order valence-electron chi connectivity index (χ3n) is 1.42. The van der Waals surface area contributed by atoms with E-state index in [9.17, 15) is 13.2 Å². The molecule has 1 aromatic heterocycles. The maximum absolute atomic E-state index is 12.9. The molecule has 0 radical (unpaired) electrons. The number of halogens is 3. The van der Waals surface area contributed by atoms with Crippen LogP contribution >= 0.6 is 0 Å². The summed E-state index contributed by atoms with van der Waals surface area (Å²) < 4.78 is 37.2. The SMILES string of the molecule is N#Cc1cnc(N)c(F)c1C(F)F. The van der Waals surface area contributed by atoms with Gasteiger partial charge in [0.25, 0.3) is 6.43 Å². The van der Waals surface area contributed by atoms with E-state index in [1.165, 1.54) is 6.07 Å². The van der Waals surface area contributed by atoms with Crippen molar-refractivity contribution in [2.45, 2.75) is 6.43 Å². The second kappa shape index (κ2) is 3.31. The topological polar surface area (TPSA) is 62.7 Å². The van der Waals surface area contributed by atoms with E-state index < -0.39 is 29.2 Å². The van der Waals surface area contributed by atoms with Gasteiger partial charge in [-0.1, -0.05) is 0 Å². The van der Waals surface area contributed by atoms with Gasteiger partial charge in [-0.25, -0.2) is 18.2 Å². The molecule has 0 spiro atoms. The third kappa shape index (κ3) is 1.54. The van der Waals surface area contributed by atoms with Gasteiger partial charge in [-0.05, 0) is 0 Å². The van der Waals surface area contributed by atoms with Gasteiger partial charge in [0.2, 0.25) is 0 Å². The van der Waals surface area contributed by atoms with Crippen molar-refractivity contribution in [3.63, 3.8) is 0 Å². The molecule has 68 valence electrons. The predicted molar refractivity (Wildman–Crippen MR) is 38.3 cm³/mol. The molecule has 0 aliphatic heterocycles. The minimum atomic E-state index is -3.07. The van der Waals surface area contributed by atoms with Crippen LogP contribution in [0.5, 0.6) is 0 Å². The van der Waals surface area contributed by atoms with E-state index in [-0.39, 0.29) is 0 Å². The van der Waals surface area contributed by atoms with E-state index >= 15 is 0 Å². The molecule has 1 rings (SSSR count). The molecule has 0 bridgehead atoms. The zero-order valence-electron chi connectivity index (χ0n) is 6.26. The van der Waals surface area contributed by atoms with Crippen molar-refractivity contribution in [1.82, 2.24) is 4.98 Å². The highest BCUT2D eigenvalue weighted by atomic mass is 19.3. The van der Waals surface area contributed by atoms with Crippen LogP contribution in [0.4, 0.5) is 19.0 Å². The average molecular weight is 187 g/mol. The molecule has 0 aliphatic carbocycles. The van der Waals surface area contributed by atoms with E-state index in [4.69, 9.17) is 11.0 Å². The lowest BCUT2D eigenvalue weighted by Gasteiger charge is -2.04. The maximum Gasteiger partial charge on any atom is 0.268 e. The molecule has 0 aromatic carbocycles. The molecule has 0 unspecified atom stereocenters. The lowest BCUT2D eigenvalue weighted by atomic mass is 10.1. The van der Waals surface area contributed by atoms with Crippen LogP contribution in [0.1, 0.15) is 17.6 Å². The number of alkyl halides is 2. The highest BCUT2D eigenvalue weighted by Gasteiger charge is 2.21. The van der Waals surface area contributed by atoms with Gasteiger partial charge >= 0.3 is 0 Å². The quantitative estimate of drug-likeness (QED) is 0.726.